The molecule has 0 saturated carbocycles. The molecular formula is C11H18OS. The minimum absolute atomic E-state index is 0.245. The zero-order valence-electron chi connectivity index (χ0n) is 8.36. The molecule has 0 aromatic carbocycles. The van der Waals surface area contributed by atoms with Crippen LogP contribution < -0.4 is 0 Å². The lowest BCUT2D eigenvalue weighted by Crippen LogP contribution is -2.04. The Morgan fingerprint density at radius 3 is 2.54 bits per heavy atom. The van der Waals surface area contributed by atoms with Gasteiger partial charge in [-0.3, -0.25) is 0 Å². The van der Waals surface area contributed by atoms with Gasteiger partial charge in [-0.05, 0) is 23.8 Å². The van der Waals surface area contributed by atoms with E-state index < -0.39 is 0 Å². The molecule has 0 aliphatic heterocycles. The summed E-state index contributed by atoms with van der Waals surface area (Å²) >= 11 is 1.64. The molecule has 1 atom stereocenters. The third-order valence-corrected chi connectivity index (χ3v) is 3.56. The Hall–Kier alpha value is -0.340. The van der Waals surface area contributed by atoms with Gasteiger partial charge in [0, 0.05) is 4.88 Å². The molecule has 1 nitrogen and oxygen atoms in total. The molecule has 1 N–H and O–H groups in total. The lowest BCUT2D eigenvalue weighted by Gasteiger charge is -2.15. The van der Waals surface area contributed by atoms with Gasteiger partial charge in [-0.25, -0.2) is 0 Å². The maximum Gasteiger partial charge on any atom is 0.0884 e. The molecule has 0 saturated heterocycles. The van der Waals surface area contributed by atoms with E-state index in [0.29, 0.717) is 5.92 Å². The van der Waals surface area contributed by atoms with Crippen LogP contribution in [0.1, 0.15) is 44.1 Å². The van der Waals surface area contributed by atoms with Gasteiger partial charge in [-0.2, -0.15) is 0 Å². The molecule has 0 fully saturated rings. The van der Waals surface area contributed by atoms with Crippen LogP contribution in [-0.2, 0) is 0 Å². The highest BCUT2D eigenvalue weighted by molar-refractivity contribution is 7.10. The highest BCUT2D eigenvalue weighted by atomic mass is 32.1. The second kappa shape index (κ2) is 5.40. The maximum absolute atomic E-state index is 9.85. The highest BCUT2D eigenvalue weighted by Gasteiger charge is 2.13. The van der Waals surface area contributed by atoms with Crippen LogP contribution in [0, 0.1) is 5.92 Å². The van der Waals surface area contributed by atoms with Crippen molar-refractivity contribution in [3.05, 3.63) is 22.4 Å². The van der Waals surface area contributed by atoms with Crippen LogP contribution in [0.3, 0.4) is 0 Å². The monoisotopic (exact) mass is 198 g/mol. The van der Waals surface area contributed by atoms with Gasteiger partial charge in [0.1, 0.15) is 0 Å². The molecule has 2 heteroatoms. The van der Waals surface area contributed by atoms with Crippen molar-refractivity contribution in [3.63, 3.8) is 0 Å². The van der Waals surface area contributed by atoms with Gasteiger partial charge < -0.3 is 5.11 Å². The van der Waals surface area contributed by atoms with Crippen molar-refractivity contribution in [1.82, 2.24) is 0 Å². The summed E-state index contributed by atoms with van der Waals surface area (Å²) < 4.78 is 0. The average molecular weight is 198 g/mol. The standard InChI is InChI=1S/C11H18OS/c1-3-9(4-2)8-10(12)11-6-5-7-13-11/h5-7,9-10,12H,3-4,8H2,1-2H3. The van der Waals surface area contributed by atoms with Gasteiger partial charge in [-0.15, -0.1) is 11.3 Å². The summed E-state index contributed by atoms with van der Waals surface area (Å²) in [7, 11) is 0. The molecular weight excluding hydrogens is 180 g/mol. The maximum atomic E-state index is 9.85. The number of aliphatic hydroxyl groups is 1. The molecule has 1 rings (SSSR count). The number of hydrogen-bond acceptors (Lipinski definition) is 2. The SMILES string of the molecule is CCC(CC)CC(O)c1cccs1. The Morgan fingerprint density at radius 2 is 2.08 bits per heavy atom. The number of thiophene rings is 1. The average Bonchev–Trinajstić information content (AvgIpc) is 2.66. The number of rotatable bonds is 5. The van der Waals surface area contributed by atoms with E-state index in [1.807, 2.05) is 17.5 Å². The smallest absolute Gasteiger partial charge is 0.0884 e. The third kappa shape index (κ3) is 3.12. The first-order valence-corrected chi connectivity index (χ1v) is 5.87. The molecule has 1 aromatic heterocycles. The van der Waals surface area contributed by atoms with Crippen molar-refractivity contribution in [2.45, 2.75) is 39.2 Å². The Labute approximate surface area is 84.4 Å². The zero-order chi connectivity index (χ0) is 9.68. The van der Waals surface area contributed by atoms with Crippen LogP contribution in [-0.4, -0.2) is 5.11 Å². The molecule has 0 radical (unpaired) electrons. The summed E-state index contributed by atoms with van der Waals surface area (Å²) in [5.74, 6) is 0.664. The topological polar surface area (TPSA) is 20.2 Å². The molecule has 0 spiro atoms. The van der Waals surface area contributed by atoms with Crippen molar-refractivity contribution in [1.29, 1.82) is 0 Å². The van der Waals surface area contributed by atoms with Crippen LogP contribution in [0.25, 0.3) is 0 Å². The molecule has 1 heterocycles. The van der Waals surface area contributed by atoms with Gasteiger partial charge in [0.15, 0.2) is 0 Å². The first-order valence-electron chi connectivity index (χ1n) is 4.99. The Balaban J connectivity index is 2.45. The summed E-state index contributed by atoms with van der Waals surface area (Å²) in [6.07, 6.45) is 3.00. The predicted molar refractivity (Wildman–Crippen MR) is 58.0 cm³/mol. The minimum atomic E-state index is -0.245. The second-order valence-corrected chi connectivity index (χ2v) is 4.43. The lowest BCUT2D eigenvalue weighted by atomic mass is 9.95. The van der Waals surface area contributed by atoms with E-state index in [-0.39, 0.29) is 6.10 Å². The van der Waals surface area contributed by atoms with Gasteiger partial charge >= 0.3 is 0 Å². The predicted octanol–water partition coefficient (Wildman–Crippen LogP) is 3.61. The third-order valence-electron chi connectivity index (χ3n) is 2.58. The highest BCUT2D eigenvalue weighted by Crippen LogP contribution is 2.27. The fourth-order valence-electron chi connectivity index (χ4n) is 1.53. The van der Waals surface area contributed by atoms with E-state index in [1.54, 1.807) is 11.3 Å². The first-order chi connectivity index (χ1) is 6.27. The number of aliphatic hydroxyl groups excluding tert-OH is 1. The first kappa shape index (κ1) is 10.7. The van der Waals surface area contributed by atoms with E-state index >= 15 is 0 Å². The van der Waals surface area contributed by atoms with Crippen LogP contribution in [0.15, 0.2) is 17.5 Å². The van der Waals surface area contributed by atoms with E-state index in [4.69, 9.17) is 0 Å². The van der Waals surface area contributed by atoms with Gasteiger partial charge in [0.25, 0.3) is 0 Å². The van der Waals surface area contributed by atoms with Crippen molar-refractivity contribution in [3.8, 4) is 0 Å². The van der Waals surface area contributed by atoms with Crippen molar-refractivity contribution >= 4 is 11.3 Å². The summed E-state index contributed by atoms with van der Waals surface area (Å²) in [5, 5.41) is 11.9. The molecule has 0 aliphatic rings. The summed E-state index contributed by atoms with van der Waals surface area (Å²) in [6.45, 7) is 4.38. The molecule has 0 bridgehead atoms. The molecule has 13 heavy (non-hydrogen) atoms. The normalized spacial score (nSPS) is 13.5. The minimum Gasteiger partial charge on any atom is -0.388 e. The van der Waals surface area contributed by atoms with Gasteiger partial charge in [-0.1, -0.05) is 32.8 Å². The van der Waals surface area contributed by atoms with Crippen molar-refractivity contribution in [2.24, 2.45) is 5.92 Å². The quantitative estimate of drug-likeness (QED) is 0.766. The fourth-order valence-corrected chi connectivity index (χ4v) is 2.26. The second-order valence-electron chi connectivity index (χ2n) is 3.45. The zero-order valence-corrected chi connectivity index (χ0v) is 9.18. The van der Waals surface area contributed by atoms with Gasteiger partial charge in [0.05, 0.1) is 6.10 Å². The van der Waals surface area contributed by atoms with E-state index in [1.165, 1.54) is 12.8 Å². The largest absolute Gasteiger partial charge is 0.388 e. The van der Waals surface area contributed by atoms with Crippen molar-refractivity contribution in [2.75, 3.05) is 0 Å². The molecule has 0 amide bonds. The summed E-state index contributed by atoms with van der Waals surface area (Å²) in [6, 6.07) is 4.01. The lowest BCUT2D eigenvalue weighted by molar-refractivity contribution is 0.144. The van der Waals surface area contributed by atoms with Crippen molar-refractivity contribution < 1.29 is 5.11 Å². The summed E-state index contributed by atoms with van der Waals surface area (Å²) in [5.41, 5.74) is 0. The van der Waals surface area contributed by atoms with E-state index in [0.717, 1.165) is 11.3 Å². The molecule has 1 unspecified atom stereocenters. The molecule has 1 aromatic rings. The number of hydrogen-bond donors (Lipinski definition) is 1. The van der Waals surface area contributed by atoms with Crippen LogP contribution in [0.5, 0.6) is 0 Å². The summed E-state index contributed by atoms with van der Waals surface area (Å²) in [4.78, 5) is 1.10. The van der Waals surface area contributed by atoms with Crippen LogP contribution >= 0.6 is 11.3 Å². The Kier molecular flexibility index (Phi) is 4.46. The van der Waals surface area contributed by atoms with E-state index in [2.05, 4.69) is 13.8 Å². The molecule has 0 aliphatic carbocycles. The Bertz CT molecular complexity index is 214. The van der Waals surface area contributed by atoms with Crippen LogP contribution in [0.4, 0.5) is 0 Å². The van der Waals surface area contributed by atoms with E-state index in [9.17, 15) is 5.11 Å². The molecule has 74 valence electrons. The fraction of sp³-hybridized carbons (Fsp3) is 0.636. The Morgan fingerprint density at radius 1 is 1.38 bits per heavy atom. The van der Waals surface area contributed by atoms with Crippen LogP contribution in [0.2, 0.25) is 0 Å². The van der Waals surface area contributed by atoms with Gasteiger partial charge in [0.2, 0.25) is 0 Å².